The average molecular weight is 466 g/mol. The van der Waals surface area contributed by atoms with Gasteiger partial charge in [-0.2, -0.15) is 0 Å². The van der Waals surface area contributed by atoms with Gasteiger partial charge < -0.3 is 24.4 Å². The second-order valence-corrected chi connectivity index (χ2v) is 7.77. The quantitative estimate of drug-likeness (QED) is 0.332. The summed E-state index contributed by atoms with van der Waals surface area (Å²) in [6, 6.07) is 27.3. The van der Waals surface area contributed by atoms with Gasteiger partial charge in [-0.25, -0.2) is 4.98 Å². The minimum atomic E-state index is -0.369. The Hall–Kier alpha value is -4.85. The number of carbonyl (C=O) groups is 2. The van der Waals surface area contributed by atoms with Crippen molar-refractivity contribution in [3.05, 3.63) is 109 Å². The first-order valence-corrected chi connectivity index (χ1v) is 11.0. The van der Waals surface area contributed by atoms with Crippen LogP contribution in [0.25, 0.3) is 11.0 Å². The summed E-state index contributed by atoms with van der Waals surface area (Å²) in [5.74, 6) is 0.973. The molecule has 0 radical (unpaired) electrons. The first-order valence-electron chi connectivity index (χ1n) is 11.0. The molecule has 0 saturated heterocycles. The van der Waals surface area contributed by atoms with E-state index in [1.54, 1.807) is 36.4 Å². The molecular weight excluding hydrogens is 444 g/mol. The van der Waals surface area contributed by atoms with Crippen molar-refractivity contribution in [1.29, 1.82) is 0 Å². The summed E-state index contributed by atoms with van der Waals surface area (Å²) in [5, 5.41) is 5.64. The predicted octanol–water partition coefficient (Wildman–Crippen LogP) is 5.10. The molecule has 5 rings (SSSR count). The number of rotatable bonds is 8. The van der Waals surface area contributed by atoms with Gasteiger partial charge in [-0.15, -0.1) is 0 Å². The molecule has 35 heavy (non-hydrogen) atoms. The van der Waals surface area contributed by atoms with Crippen molar-refractivity contribution in [2.45, 2.75) is 13.2 Å². The summed E-state index contributed by atoms with van der Waals surface area (Å²) >= 11 is 0. The van der Waals surface area contributed by atoms with Crippen LogP contribution in [-0.4, -0.2) is 21.4 Å². The molecule has 0 atom stereocenters. The summed E-state index contributed by atoms with van der Waals surface area (Å²) in [5.41, 5.74) is 2.72. The second-order valence-electron chi connectivity index (χ2n) is 7.77. The van der Waals surface area contributed by atoms with Crippen molar-refractivity contribution in [2.75, 3.05) is 10.6 Å². The second kappa shape index (κ2) is 9.96. The van der Waals surface area contributed by atoms with Crippen molar-refractivity contribution in [3.8, 4) is 5.75 Å². The van der Waals surface area contributed by atoms with Gasteiger partial charge in [0, 0.05) is 11.4 Å². The zero-order valence-electron chi connectivity index (χ0n) is 18.7. The van der Waals surface area contributed by atoms with Crippen LogP contribution < -0.4 is 15.4 Å². The number of hydrogen-bond acceptors (Lipinski definition) is 5. The lowest BCUT2D eigenvalue weighted by molar-refractivity contribution is -0.116. The fourth-order valence-electron chi connectivity index (χ4n) is 3.70. The number of nitrogens with zero attached hydrogens (tertiary/aromatic N) is 2. The van der Waals surface area contributed by atoms with Gasteiger partial charge in [0.2, 0.25) is 5.91 Å². The summed E-state index contributed by atoms with van der Waals surface area (Å²) in [6.07, 6.45) is 1.44. The Labute approximate surface area is 201 Å². The molecule has 0 aliphatic carbocycles. The van der Waals surface area contributed by atoms with Gasteiger partial charge in [0.25, 0.3) is 5.91 Å². The average Bonchev–Trinajstić information content (AvgIpc) is 3.53. The number of hydrogen-bond donors (Lipinski definition) is 2. The highest BCUT2D eigenvalue weighted by molar-refractivity contribution is 6.02. The molecule has 0 bridgehead atoms. The number of carbonyl (C=O) groups excluding carboxylic acids is 2. The number of para-hydroxylation sites is 3. The van der Waals surface area contributed by atoms with Crippen LogP contribution in [0.15, 0.2) is 102 Å². The number of anilines is 2. The molecule has 0 aliphatic rings. The predicted molar refractivity (Wildman–Crippen MR) is 132 cm³/mol. The van der Waals surface area contributed by atoms with Crippen LogP contribution in [0.2, 0.25) is 0 Å². The Kier molecular flexibility index (Phi) is 6.25. The van der Waals surface area contributed by atoms with E-state index < -0.39 is 0 Å². The third-order valence-corrected chi connectivity index (χ3v) is 5.30. The Bertz CT molecular complexity index is 1460. The number of ether oxygens (including phenoxy) is 1. The van der Waals surface area contributed by atoms with Crippen molar-refractivity contribution < 1.29 is 18.7 Å². The SMILES string of the molecule is O=C(Cn1c(COc2ccccc2)nc2ccccc21)Nc1cccc(NC(=O)c2ccco2)c1. The van der Waals surface area contributed by atoms with E-state index in [1.807, 2.05) is 59.2 Å². The van der Waals surface area contributed by atoms with Gasteiger partial charge >= 0.3 is 0 Å². The molecule has 3 aromatic carbocycles. The number of furan rings is 1. The molecule has 0 saturated carbocycles. The fraction of sp³-hybridized carbons (Fsp3) is 0.0741. The summed E-state index contributed by atoms with van der Waals surface area (Å²) in [4.78, 5) is 29.9. The summed E-state index contributed by atoms with van der Waals surface area (Å²) < 4.78 is 12.8. The zero-order valence-corrected chi connectivity index (χ0v) is 18.7. The minimum Gasteiger partial charge on any atom is -0.486 e. The Morgan fingerprint density at radius 2 is 1.63 bits per heavy atom. The number of imidazole rings is 1. The summed E-state index contributed by atoms with van der Waals surface area (Å²) in [7, 11) is 0. The maximum absolute atomic E-state index is 13.0. The van der Waals surface area contributed by atoms with Gasteiger partial charge in [0.05, 0.1) is 17.3 Å². The van der Waals surface area contributed by atoms with Crippen LogP contribution in [0.1, 0.15) is 16.4 Å². The van der Waals surface area contributed by atoms with Crippen molar-refractivity contribution >= 4 is 34.2 Å². The van der Waals surface area contributed by atoms with E-state index >= 15 is 0 Å². The smallest absolute Gasteiger partial charge is 0.291 e. The molecule has 8 nitrogen and oxygen atoms in total. The van der Waals surface area contributed by atoms with Gasteiger partial charge in [-0.3, -0.25) is 9.59 Å². The van der Waals surface area contributed by atoms with Crippen molar-refractivity contribution in [3.63, 3.8) is 0 Å². The molecule has 2 heterocycles. The van der Waals surface area contributed by atoms with E-state index in [1.165, 1.54) is 6.26 Å². The normalized spacial score (nSPS) is 10.7. The highest BCUT2D eigenvalue weighted by atomic mass is 16.5. The zero-order chi connectivity index (χ0) is 24.0. The number of benzene rings is 3. The van der Waals surface area contributed by atoms with Crippen LogP contribution in [0.4, 0.5) is 11.4 Å². The van der Waals surface area contributed by atoms with E-state index in [-0.39, 0.29) is 30.7 Å². The highest BCUT2D eigenvalue weighted by Gasteiger charge is 2.15. The maximum Gasteiger partial charge on any atom is 0.291 e. The van der Waals surface area contributed by atoms with E-state index in [0.717, 1.165) is 16.8 Å². The first kappa shape index (κ1) is 22.0. The molecule has 0 unspecified atom stereocenters. The summed E-state index contributed by atoms with van der Waals surface area (Å²) in [6.45, 7) is 0.275. The van der Waals surface area contributed by atoms with Crippen molar-refractivity contribution in [2.24, 2.45) is 0 Å². The third kappa shape index (κ3) is 5.22. The Morgan fingerprint density at radius 1 is 0.857 bits per heavy atom. The van der Waals surface area contributed by atoms with E-state index in [2.05, 4.69) is 15.6 Å². The molecule has 0 spiro atoms. The fourth-order valence-corrected chi connectivity index (χ4v) is 3.70. The molecule has 8 heteroatoms. The molecular formula is C27H22N4O4. The Morgan fingerprint density at radius 3 is 2.43 bits per heavy atom. The van der Waals surface area contributed by atoms with Crippen LogP contribution in [0.5, 0.6) is 5.75 Å². The lowest BCUT2D eigenvalue weighted by atomic mass is 10.2. The van der Waals surface area contributed by atoms with Crippen LogP contribution in [-0.2, 0) is 17.9 Å². The molecule has 0 fully saturated rings. The van der Waals surface area contributed by atoms with Gasteiger partial charge in [0.15, 0.2) is 5.76 Å². The van der Waals surface area contributed by atoms with E-state index in [4.69, 9.17) is 9.15 Å². The van der Waals surface area contributed by atoms with Crippen LogP contribution >= 0.6 is 0 Å². The monoisotopic (exact) mass is 466 g/mol. The topological polar surface area (TPSA) is 98.4 Å². The largest absolute Gasteiger partial charge is 0.486 e. The molecule has 2 amide bonds. The number of amides is 2. The molecule has 5 aromatic rings. The minimum absolute atomic E-state index is 0.0526. The van der Waals surface area contributed by atoms with Gasteiger partial charge in [-0.1, -0.05) is 36.4 Å². The van der Waals surface area contributed by atoms with Crippen LogP contribution in [0.3, 0.4) is 0 Å². The third-order valence-electron chi connectivity index (χ3n) is 5.30. The van der Waals surface area contributed by atoms with Gasteiger partial charge in [0.1, 0.15) is 24.7 Å². The van der Waals surface area contributed by atoms with Gasteiger partial charge in [-0.05, 0) is 54.6 Å². The highest BCUT2D eigenvalue weighted by Crippen LogP contribution is 2.20. The molecule has 2 N–H and O–H groups in total. The standard InChI is InChI=1S/C27H22N4O4/c32-26(28-19-8-6-9-20(16-19)29-27(33)24-14-7-15-34-24)17-31-23-13-5-4-12-22(23)30-25(31)18-35-21-10-2-1-3-11-21/h1-16H,17-18H2,(H,28,32)(H,29,33). The molecule has 0 aliphatic heterocycles. The molecule has 2 aromatic heterocycles. The van der Waals surface area contributed by atoms with Crippen molar-refractivity contribution in [1.82, 2.24) is 9.55 Å². The number of nitrogens with one attached hydrogen (secondary N) is 2. The number of aromatic nitrogens is 2. The lowest BCUT2D eigenvalue weighted by Gasteiger charge is -2.12. The number of fused-ring (bicyclic) bond motifs is 1. The van der Waals surface area contributed by atoms with E-state index in [0.29, 0.717) is 17.2 Å². The van der Waals surface area contributed by atoms with Crippen LogP contribution in [0, 0.1) is 0 Å². The first-order chi connectivity index (χ1) is 17.2. The molecule has 174 valence electrons. The maximum atomic E-state index is 13.0. The Balaban J connectivity index is 1.30. The van der Waals surface area contributed by atoms with E-state index in [9.17, 15) is 9.59 Å². The lowest BCUT2D eigenvalue weighted by Crippen LogP contribution is -2.21.